The molecule has 20 heavy (non-hydrogen) atoms. The van der Waals surface area contributed by atoms with E-state index in [4.69, 9.17) is 0 Å². The SMILES string of the molecule is CCC1(CNC(=O)N2C3CCC2C(C(=O)O)C3)CCC1. The van der Waals surface area contributed by atoms with E-state index < -0.39 is 5.97 Å². The number of nitrogens with one attached hydrogen (secondary N) is 1. The van der Waals surface area contributed by atoms with Crippen molar-refractivity contribution in [3.05, 3.63) is 0 Å². The molecule has 2 saturated heterocycles. The van der Waals surface area contributed by atoms with Gasteiger partial charge in [-0.2, -0.15) is 0 Å². The summed E-state index contributed by atoms with van der Waals surface area (Å²) in [7, 11) is 0. The Kier molecular flexibility index (Phi) is 3.38. The number of aliphatic carboxylic acids is 1. The van der Waals surface area contributed by atoms with Crippen LogP contribution in [0, 0.1) is 11.3 Å². The van der Waals surface area contributed by atoms with Crippen molar-refractivity contribution in [3.63, 3.8) is 0 Å². The first kappa shape index (κ1) is 13.7. The molecule has 3 aliphatic rings. The Balaban J connectivity index is 1.59. The highest BCUT2D eigenvalue weighted by Gasteiger charge is 2.51. The number of carboxylic acids is 1. The van der Waals surface area contributed by atoms with E-state index in [9.17, 15) is 14.7 Å². The number of urea groups is 1. The van der Waals surface area contributed by atoms with Crippen LogP contribution >= 0.6 is 0 Å². The van der Waals surface area contributed by atoms with Gasteiger partial charge in [0, 0.05) is 18.6 Å². The van der Waals surface area contributed by atoms with Crippen LogP contribution in [0.4, 0.5) is 4.79 Å². The quantitative estimate of drug-likeness (QED) is 0.829. The van der Waals surface area contributed by atoms with Gasteiger partial charge >= 0.3 is 12.0 Å². The van der Waals surface area contributed by atoms with Crippen LogP contribution in [0.3, 0.4) is 0 Å². The predicted octanol–water partition coefficient (Wildman–Crippen LogP) is 2.21. The summed E-state index contributed by atoms with van der Waals surface area (Å²) in [5.74, 6) is -1.11. The van der Waals surface area contributed by atoms with Crippen molar-refractivity contribution in [2.75, 3.05) is 6.54 Å². The first-order valence-electron chi connectivity index (χ1n) is 7.85. The van der Waals surface area contributed by atoms with Crippen LogP contribution in [0.5, 0.6) is 0 Å². The summed E-state index contributed by atoms with van der Waals surface area (Å²) >= 11 is 0. The second kappa shape index (κ2) is 4.93. The molecule has 5 heteroatoms. The number of amides is 2. The van der Waals surface area contributed by atoms with E-state index in [1.165, 1.54) is 19.3 Å². The summed E-state index contributed by atoms with van der Waals surface area (Å²) < 4.78 is 0. The van der Waals surface area contributed by atoms with Crippen molar-refractivity contribution in [2.45, 2.75) is 64.0 Å². The first-order valence-corrected chi connectivity index (χ1v) is 7.85. The average molecular weight is 280 g/mol. The smallest absolute Gasteiger partial charge is 0.317 e. The zero-order valence-electron chi connectivity index (χ0n) is 12.1. The van der Waals surface area contributed by atoms with E-state index in [2.05, 4.69) is 12.2 Å². The fourth-order valence-electron chi connectivity index (χ4n) is 4.26. The summed E-state index contributed by atoms with van der Waals surface area (Å²) in [4.78, 5) is 25.4. The van der Waals surface area contributed by atoms with Crippen LogP contribution < -0.4 is 5.32 Å². The minimum absolute atomic E-state index is 0.0408. The van der Waals surface area contributed by atoms with Crippen LogP contribution in [-0.4, -0.2) is 40.6 Å². The lowest BCUT2D eigenvalue weighted by atomic mass is 9.67. The van der Waals surface area contributed by atoms with Gasteiger partial charge in [0.2, 0.25) is 0 Å². The first-order chi connectivity index (χ1) is 9.56. The molecule has 2 heterocycles. The van der Waals surface area contributed by atoms with E-state index >= 15 is 0 Å². The maximum Gasteiger partial charge on any atom is 0.317 e. The molecular weight excluding hydrogens is 256 g/mol. The molecule has 2 bridgehead atoms. The Morgan fingerprint density at radius 2 is 2.10 bits per heavy atom. The molecule has 2 N–H and O–H groups in total. The van der Waals surface area contributed by atoms with Crippen molar-refractivity contribution < 1.29 is 14.7 Å². The van der Waals surface area contributed by atoms with Crippen LogP contribution in [-0.2, 0) is 4.79 Å². The zero-order chi connectivity index (χ0) is 14.3. The van der Waals surface area contributed by atoms with E-state index in [-0.39, 0.29) is 24.0 Å². The summed E-state index contributed by atoms with van der Waals surface area (Å²) in [5.41, 5.74) is 0.306. The van der Waals surface area contributed by atoms with Gasteiger partial charge in [0.25, 0.3) is 0 Å². The van der Waals surface area contributed by atoms with Crippen molar-refractivity contribution in [1.82, 2.24) is 10.2 Å². The molecule has 0 aromatic heterocycles. The van der Waals surface area contributed by atoms with Gasteiger partial charge in [0.1, 0.15) is 0 Å². The van der Waals surface area contributed by atoms with Crippen molar-refractivity contribution in [1.29, 1.82) is 0 Å². The molecule has 0 spiro atoms. The lowest BCUT2D eigenvalue weighted by molar-refractivity contribution is -0.142. The molecule has 112 valence electrons. The maximum atomic E-state index is 12.4. The number of rotatable bonds is 4. The van der Waals surface area contributed by atoms with Gasteiger partial charge in [-0.3, -0.25) is 4.79 Å². The van der Waals surface area contributed by atoms with Crippen LogP contribution in [0.2, 0.25) is 0 Å². The summed E-state index contributed by atoms with van der Waals surface area (Å²) in [5, 5.41) is 12.3. The molecule has 0 radical (unpaired) electrons. The van der Waals surface area contributed by atoms with E-state index in [0.717, 1.165) is 25.8 Å². The van der Waals surface area contributed by atoms with Gasteiger partial charge in [-0.1, -0.05) is 13.3 Å². The molecule has 0 aromatic carbocycles. The van der Waals surface area contributed by atoms with Gasteiger partial charge in [0.05, 0.1) is 5.92 Å². The fraction of sp³-hybridized carbons (Fsp3) is 0.867. The standard InChI is InChI=1S/C15H24N2O3/c1-2-15(6-3-7-15)9-16-14(20)17-10-4-5-12(17)11(8-10)13(18)19/h10-12H,2-9H2,1H3,(H,16,20)(H,18,19). The van der Waals surface area contributed by atoms with Gasteiger partial charge in [-0.15, -0.1) is 0 Å². The summed E-state index contributed by atoms with van der Waals surface area (Å²) in [6.45, 7) is 2.93. The molecule has 5 nitrogen and oxygen atoms in total. The highest BCUT2D eigenvalue weighted by molar-refractivity contribution is 5.79. The second-order valence-electron chi connectivity index (χ2n) is 6.75. The van der Waals surface area contributed by atoms with E-state index in [0.29, 0.717) is 11.8 Å². The van der Waals surface area contributed by atoms with Crippen LogP contribution in [0.15, 0.2) is 0 Å². The molecule has 2 amide bonds. The fourth-order valence-corrected chi connectivity index (χ4v) is 4.26. The lowest BCUT2D eigenvalue weighted by Gasteiger charge is -2.41. The third kappa shape index (κ3) is 2.07. The molecule has 2 aliphatic heterocycles. The lowest BCUT2D eigenvalue weighted by Crippen LogP contribution is -2.49. The Bertz CT molecular complexity index is 414. The largest absolute Gasteiger partial charge is 0.481 e. The van der Waals surface area contributed by atoms with Gasteiger partial charge in [-0.05, 0) is 43.9 Å². The van der Waals surface area contributed by atoms with Crippen LogP contribution in [0.25, 0.3) is 0 Å². The Morgan fingerprint density at radius 1 is 1.35 bits per heavy atom. The maximum absolute atomic E-state index is 12.4. The molecule has 1 aliphatic carbocycles. The number of fused-ring (bicyclic) bond motifs is 2. The number of carbonyl (C=O) groups excluding carboxylic acids is 1. The number of hydrogen-bond acceptors (Lipinski definition) is 2. The highest BCUT2D eigenvalue weighted by atomic mass is 16.4. The molecule has 1 saturated carbocycles. The minimum atomic E-state index is -0.751. The van der Waals surface area contributed by atoms with Crippen molar-refractivity contribution in [3.8, 4) is 0 Å². The topological polar surface area (TPSA) is 69.6 Å². The van der Waals surface area contributed by atoms with Crippen LogP contribution in [0.1, 0.15) is 51.9 Å². The number of hydrogen-bond donors (Lipinski definition) is 2. The predicted molar refractivity (Wildman–Crippen MR) is 74.4 cm³/mol. The summed E-state index contributed by atoms with van der Waals surface area (Å²) in [6, 6.07) is 0.0116. The normalized spacial score (nSPS) is 33.9. The van der Waals surface area contributed by atoms with Crippen molar-refractivity contribution >= 4 is 12.0 Å². The molecule has 3 rings (SSSR count). The van der Waals surface area contributed by atoms with Gasteiger partial charge < -0.3 is 15.3 Å². The third-order valence-electron chi connectivity index (χ3n) is 5.87. The average Bonchev–Trinajstić information content (AvgIpc) is 2.95. The summed E-state index contributed by atoms with van der Waals surface area (Å²) in [6.07, 6.45) is 7.21. The highest BCUT2D eigenvalue weighted by Crippen LogP contribution is 2.44. The third-order valence-corrected chi connectivity index (χ3v) is 5.87. The Hall–Kier alpha value is -1.26. The molecule has 3 atom stereocenters. The van der Waals surface area contributed by atoms with E-state index in [1.54, 1.807) is 0 Å². The number of nitrogens with zero attached hydrogens (tertiary/aromatic N) is 1. The van der Waals surface area contributed by atoms with Gasteiger partial charge in [-0.25, -0.2) is 4.79 Å². The second-order valence-corrected chi connectivity index (χ2v) is 6.75. The monoisotopic (exact) mass is 280 g/mol. The van der Waals surface area contributed by atoms with Crippen molar-refractivity contribution in [2.24, 2.45) is 11.3 Å². The molecule has 3 fully saturated rings. The number of carbonyl (C=O) groups is 2. The Morgan fingerprint density at radius 3 is 2.60 bits per heavy atom. The molecular formula is C15H24N2O3. The number of carboxylic acid groups (broad SMARTS) is 1. The van der Waals surface area contributed by atoms with Gasteiger partial charge in [0.15, 0.2) is 0 Å². The minimum Gasteiger partial charge on any atom is -0.481 e. The Labute approximate surface area is 119 Å². The zero-order valence-corrected chi connectivity index (χ0v) is 12.1. The molecule has 0 aromatic rings. The molecule has 3 unspecified atom stereocenters. The van der Waals surface area contributed by atoms with E-state index in [1.807, 2.05) is 4.90 Å².